The van der Waals surface area contributed by atoms with Crippen LogP contribution in [0, 0.1) is 0 Å². The molecule has 0 saturated heterocycles. The van der Waals surface area contributed by atoms with Crippen LogP contribution >= 0.6 is 11.3 Å². The molecule has 0 radical (unpaired) electrons. The topological polar surface area (TPSA) is 76.1 Å². The van der Waals surface area contributed by atoms with Crippen molar-refractivity contribution in [3.63, 3.8) is 0 Å². The molecule has 132 valence electrons. The number of ether oxygens (including phenoxy) is 2. The zero-order chi connectivity index (χ0) is 18.2. The lowest BCUT2D eigenvalue weighted by molar-refractivity contribution is 0.00693. The number of carbonyl (C=O) groups is 2. The maximum absolute atomic E-state index is 12.1. The Hall–Kier alpha value is -2.54. The fraction of sp³-hybridized carbons (Fsp3) is 0.333. The molecule has 2 aromatic rings. The Kier molecular flexibility index (Phi) is 4.43. The molecule has 2 heterocycles. The van der Waals surface area contributed by atoms with Crippen LogP contribution in [0.2, 0.25) is 0 Å². The van der Waals surface area contributed by atoms with Crippen LogP contribution in [0.3, 0.4) is 0 Å². The van der Waals surface area contributed by atoms with E-state index in [1.807, 2.05) is 37.8 Å². The number of carboxylic acid groups (broad SMARTS) is 1. The van der Waals surface area contributed by atoms with Crippen molar-refractivity contribution < 1.29 is 24.2 Å². The van der Waals surface area contributed by atoms with Gasteiger partial charge in [-0.15, -0.1) is 11.3 Å². The van der Waals surface area contributed by atoms with Crippen LogP contribution in [0.1, 0.15) is 40.8 Å². The van der Waals surface area contributed by atoms with E-state index in [1.165, 1.54) is 11.3 Å². The van der Waals surface area contributed by atoms with Crippen LogP contribution in [0.4, 0.5) is 10.7 Å². The van der Waals surface area contributed by atoms with Gasteiger partial charge in [0, 0.05) is 11.8 Å². The highest BCUT2D eigenvalue weighted by Gasteiger charge is 2.25. The molecular formula is C18H19NO5S. The number of anilines is 2. The number of benzene rings is 1. The van der Waals surface area contributed by atoms with E-state index in [-0.39, 0.29) is 10.8 Å². The lowest BCUT2D eigenvalue weighted by Gasteiger charge is -2.28. The Labute approximate surface area is 149 Å². The van der Waals surface area contributed by atoms with Gasteiger partial charge < -0.3 is 19.5 Å². The van der Waals surface area contributed by atoms with Crippen molar-refractivity contribution in [2.75, 3.05) is 18.1 Å². The summed E-state index contributed by atoms with van der Waals surface area (Å²) in [5.74, 6) is -0.765. The quantitative estimate of drug-likeness (QED) is 0.835. The van der Waals surface area contributed by atoms with Crippen molar-refractivity contribution >= 4 is 34.0 Å². The van der Waals surface area contributed by atoms with Gasteiger partial charge >= 0.3 is 11.9 Å². The summed E-state index contributed by atoms with van der Waals surface area (Å²) < 4.78 is 10.9. The van der Waals surface area contributed by atoms with Crippen LogP contribution < -0.4 is 9.64 Å². The molecule has 0 fully saturated rings. The summed E-state index contributed by atoms with van der Waals surface area (Å²) in [4.78, 5) is 25.5. The third-order valence-electron chi connectivity index (χ3n) is 3.52. The summed E-state index contributed by atoms with van der Waals surface area (Å²) in [6.45, 7) is 6.55. The van der Waals surface area contributed by atoms with Gasteiger partial charge in [-0.3, -0.25) is 0 Å². The zero-order valence-electron chi connectivity index (χ0n) is 14.2. The van der Waals surface area contributed by atoms with Crippen molar-refractivity contribution in [1.29, 1.82) is 0 Å². The SMILES string of the molecule is CC(C)(C)OC(=O)c1ccc(N2CCOc3cc(C(=O)O)sc32)cc1. The third kappa shape index (κ3) is 3.76. The third-order valence-corrected chi connectivity index (χ3v) is 4.65. The van der Waals surface area contributed by atoms with Crippen LogP contribution in [0.5, 0.6) is 5.75 Å². The molecule has 0 unspecified atom stereocenters. The normalized spacial score (nSPS) is 13.8. The lowest BCUT2D eigenvalue weighted by atomic mass is 10.1. The van der Waals surface area contributed by atoms with Crippen molar-refractivity contribution in [2.45, 2.75) is 26.4 Å². The first kappa shape index (κ1) is 17.3. The number of carbonyl (C=O) groups excluding carboxylic acids is 1. The van der Waals surface area contributed by atoms with Gasteiger partial charge in [0.1, 0.15) is 22.1 Å². The first-order chi connectivity index (χ1) is 11.7. The predicted molar refractivity (Wildman–Crippen MR) is 95.4 cm³/mol. The van der Waals surface area contributed by atoms with Gasteiger partial charge in [0.15, 0.2) is 5.75 Å². The van der Waals surface area contributed by atoms with Gasteiger partial charge in [-0.1, -0.05) is 0 Å². The molecule has 1 aliphatic heterocycles. The second-order valence-corrected chi connectivity index (χ2v) is 7.66. The van der Waals surface area contributed by atoms with Crippen LogP contribution in [-0.2, 0) is 4.74 Å². The minimum atomic E-state index is -0.969. The molecular weight excluding hydrogens is 342 g/mol. The average molecular weight is 361 g/mol. The molecule has 1 N–H and O–H groups in total. The fourth-order valence-corrected chi connectivity index (χ4v) is 3.46. The molecule has 0 bridgehead atoms. The molecule has 7 heteroatoms. The van der Waals surface area contributed by atoms with E-state index in [2.05, 4.69) is 0 Å². The number of nitrogens with zero attached hydrogens (tertiary/aromatic N) is 1. The van der Waals surface area contributed by atoms with Crippen molar-refractivity contribution in [1.82, 2.24) is 0 Å². The van der Waals surface area contributed by atoms with Crippen molar-refractivity contribution in [3.8, 4) is 5.75 Å². The van der Waals surface area contributed by atoms with Gasteiger partial charge in [-0.05, 0) is 45.0 Å². The molecule has 1 aromatic carbocycles. The summed E-state index contributed by atoms with van der Waals surface area (Å²) in [5.41, 5.74) is 0.805. The highest BCUT2D eigenvalue weighted by molar-refractivity contribution is 7.18. The smallest absolute Gasteiger partial charge is 0.346 e. The van der Waals surface area contributed by atoms with E-state index in [9.17, 15) is 9.59 Å². The Bertz CT molecular complexity index is 804. The molecule has 0 spiro atoms. The molecule has 3 rings (SSSR count). The molecule has 1 aromatic heterocycles. The summed E-state index contributed by atoms with van der Waals surface area (Å²) in [7, 11) is 0. The minimum Gasteiger partial charge on any atom is -0.489 e. The number of aromatic carboxylic acids is 1. The summed E-state index contributed by atoms with van der Waals surface area (Å²) in [6.07, 6.45) is 0. The summed E-state index contributed by atoms with van der Waals surface area (Å²) >= 11 is 1.17. The average Bonchev–Trinajstić information content (AvgIpc) is 2.98. The Morgan fingerprint density at radius 2 is 1.92 bits per heavy atom. The molecule has 0 atom stereocenters. The Morgan fingerprint density at radius 3 is 2.52 bits per heavy atom. The summed E-state index contributed by atoms with van der Waals surface area (Å²) in [6, 6.07) is 8.63. The Balaban J connectivity index is 1.84. The zero-order valence-corrected chi connectivity index (χ0v) is 15.1. The van der Waals surface area contributed by atoms with Gasteiger partial charge in [-0.25, -0.2) is 9.59 Å². The standard InChI is InChI=1S/C18H19NO5S/c1-18(2,3)24-17(22)11-4-6-12(7-5-11)19-8-9-23-13-10-14(16(20)21)25-15(13)19/h4-7,10H,8-9H2,1-3H3,(H,20,21). The van der Waals surface area contributed by atoms with E-state index in [0.717, 1.165) is 10.7 Å². The van der Waals surface area contributed by atoms with Crippen LogP contribution in [-0.4, -0.2) is 35.8 Å². The minimum absolute atomic E-state index is 0.238. The van der Waals surface area contributed by atoms with E-state index in [1.54, 1.807) is 18.2 Å². The van der Waals surface area contributed by atoms with Crippen LogP contribution in [0.25, 0.3) is 0 Å². The van der Waals surface area contributed by atoms with Gasteiger partial charge in [-0.2, -0.15) is 0 Å². The number of fused-ring (bicyclic) bond motifs is 1. The first-order valence-electron chi connectivity index (χ1n) is 7.85. The van der Waals surface area contributed by atoms with Crippen molar-refractivity contribution in [3.05, 3.63) is 40.8 Å². The second kappa shape index (κ2) is 6.40. The monoisotopic (exact) mass is 361 g/mol. The number of esters is 1. The van der Waals surface area contributed by atoms with E-state index in [0.29, 0.717) is 24.5 Å². The molecule has 0 amide bonds. The number of hydrogen-bond donors (Lipinski definition) is 1. The Morgan fingerprint density at radius 1 is 1.24 bits per heavy atom. The first-order valence-corrected chi connectivity index (χ1v) is 8.67. The maximum Gasteiger partial charge on any atom is 0.346 e. The fourth-order valence-electron chi connectivity index (χ4n) is 2.47. The number of hydrogen-bond acceptors (Lipinski definition) is 6. The highest BCUT2D eigenvalue weighted by atomic mass is 32.1. The second-order valence-electron chi connectivity index (χ2n) is 6.63. The molecule has 6 nitrogen and oxygen atoms in total. The summed E-state index contributed by atoms with van der Waals surface area (Å²) in [5, 5.41) is 9.92. The predicted octanol–water partition coefficient (Wildman–Crippen LogP) is 3.93. The highest BCUT2D eigenvalue weighted by Crippen LogP contribution is 2.43. The number of carboxylic acids is 1. The lowest BCUT2D eigenvalue weighted by Crippen LogP contribution is -2.27. The van der Waals surface area contributed by atoms with Crippen LogP contribution in [0.15, 0.2) is 30.3 Å². The number of rotatable bonds is 3. The van der Waals surface area contributed by atoms with Gasteiger partial charge in [0.25, 0.3) is 0 Å². The molecule has 1 aliphatic rings. The van der Waals surface area contributed by atoms with E-state index >= 15 is 0 Å². The van der Waals surface area contributed by atoms with E-state index < -0.39 is 11.6 Å². The molecule has 0 saturated carbocycles. The van der Waals surface area contributed by atoms with E-state index in [4.69, 9.17) is 14.6 Å². The largest absolute Gasteiger partial charge is 0.489 e. The van der Waals surface area contributed by atoms with Gasteiger partial charge in [0.05, 0.1) is 12.1 Å². The maximum atomic E-state index is 12.1. The molecule has 25 heavy (non-hydrogen) atoms. The molecule has 0 aliphatic carbocycles. The van der Waals surface area contributed by atoms with Gasteiger partial charge in [0.2, 0.25) is 0 Å². The number of thiophene rings is 1. The van der Waals surface area contributed by atoms with Crippen molar-refractivity contribution in [2.24, 2.45) is 0 Å².